The molecule has 5 heteroatoms. The Balaban J connectivity index is 2.10. The summed E-state index contributed by atoms with van der Waals surface area (Å²) in [5, 5.41) is 2.92. The Bertz CT molecular complexity index is 700. The molecule has 0 unspecified atom stereocenters. The number of hydrogen-bond donors (Lipinski definition) is 1. The van der Waals surface area contributed by atoms with Gasteiger partial charge in [0.2, 0.25) is 0 Å². The molecule has 0 aromatic heterocycles. The Hall–Kier alpha value is -2.53. The van der Waals surface area contributed by atoms with E-state index in [0.29, 0.717) is 31.9 Å². The molecule has 0 atom stereocenters. The van der Waals surface area contributed by atoms with Gasteiger partial charge in [0.15, 0.2) is 0 Å². The average molecular weight is 343 g/mol. The number of ether oxygens (including phenoxy) is 3. The summed E-state index contributed by atoms with van der Waals surface area (Å²) in [4.78, 5) is 12.5. The summed E-state index contributed by atoms with van der Waals surface area (Å²) in [6.07, 6.45) is 0. The second-order valence-corrected chi connectivity index (χ2v) is 5.39. The minimum absolute atomic E-state index is 0.147. The largest absolute Gasteiger partial charge is 0.496 e. The van der Waals surface area contributed by atoms with E-state index in [1.54, 1.807) is 13.2 Å². The van der Waals surface area contributed by atoms with Crippen molar-refractivity contribution in [2.24, 2.45) is 0 Å². The van der Waals surface area contributed by atoms with E-state index < -0.39 is 0 Å². The SMILES string of the molecule is CCOCc1cc(C(=O)NCc2ccccc2OC)ccc1OCC. The molecule has 2 aromatic rings. The number of benzene rings is 2. The molecule has 1 amide bonds. The fourth-order valence-corrected chi connectivity index (χ4v) is 2.47. The molecule has 0 aliphatic carbocycles. The van der Waals surface area contributed by atoms with Gasteiger partial charge in [-0.05, 0) is 38.1 Å². The third kappa shape index (κ3) is 5.22. The molecule has 2 aromatic carbocycles. The lowest BCUT2D eigenvalue weighted by Gasteiger charge is -2.13. The molecule has 0 fully saturated rings. The van der Waals surface area contributed by atoms with E-state index in [2.05, 4.69) is 5.32 Å². The molecule has 0 aliphatic rings. The molecule has 0 heterocycles. The molecule has 1 N–H and O–H groups in total. The third-order valence-electron chi connectivity index (χ3n) is 3.72. The lowest BCUT2D eigenvalue weighted by molar-refractivity contribution is 0.0950. The van der Waals surface area contributed by atoms with Crippen molar-refractivity contribution in [1.82, 2.24) is 5.32 Å². The van der Waals surface area contributed by atoms with E-state index in [9.17, 15) is 4.79 Å². The molecule has 5 nitrogen and oxygen atoms in total. The number of carbonyl (C=O) groups excluding carboxylic acids is 1. The molecule has 0 aliphatic heterocycles. The molecular weight excluding hydrogens is 318 g/mol. The summed E-state index contributed by atoms with van der Waals surface area (Å²) >= 11 is 0. The van der Waals surface area contributed by atoms with E-state index in [1.165, 1.54) is 0 Å². The smallest absolute Gasteiger partial charge is 0.251 e. The summed E-state index contributed by atoms with van der Waals surface area (Å²) < 4.78 is 16.4. The summed E-state index contributed by atoms with van der Waals surface area (Å²) in [7, 11) is 1.62. The average Bonchev–Trinajstić information content (AvgIpc) is 2.65. The number of rotatable bonds is 9. The van der Waals surface area contributed by atoms with Crippen molar-refractivity contribution in [2.75, 3.05) is 20.3 Å². The van der Waals surface area contributed by atoms with Crippen molar-refractivity contribution >= 4 is 5.91 Å². The van der Waals surface area contributed by atoms with Crippen LogP contribution in [0.4, 0.5) is 0 Å². The van der Waals surface area contributed by atoms with Crippen LogP contribution in [-0.4, -0.2) is 26.2 Å². The predicted molar refractivity (Wildman–Crippen MR) is 97.1 cm³/mol. The van der Waals surface area contributed by atoms with E-state index in [0.717, 1.165) is 22.6 Å². The van der Waals surface area contributed by atoms with Gasteiger partial charge in [-0.1, -0.05) is 18.2 Å². The molecular formula is C20H25NO4. The minimum Gasteiger partial charge on any atom is -0.496 e. The van der Waals surface area contributed by atoms with Crippen molar-refractivity contribution in [2.45, 2.75) is 27.0 Å². The Morgan fingerprint density at radius 1 is 1.00 bits per heavy atom. The number of hydrogen-bond acceptors (Lipinski definition) is 4. The summed E-state index contributed by atoms with van der Waals surface area (Å²) in [5.74, 6) is 1.36. The Kier molecular flexibility index (Phi) is 7.29. The molecule has 2 rings (SSSR count). The molecule has 0 bridgehead atoms. The highest BCUT2D eigenvalue weighted by Crippen LogP contribution is 2.22. The van der Waals surface area contributed by atoms with Crippen LogP contribution in [0.15, 0.2) is 42.5 Å². The van der Waals surface area contributed by atoms with Crippen molar-refractivity contribution in [3.8, 4) is 11.5 Å². The lowest BCUT2D eigenvalue weighted by atomic mass is 10.1. The predicted octanol–water partition coefficient (Wildman–Crippen LogP) is 3.56. The highest BCUT2D eigenvalue weighted by atomic mass is 16.5. The van der Waals surface area contributed by atoms with Crippen molar-refractivity contribution in [3.05, 3.63) is 59.2 Å². The molecule has 0 saturated heterocycles. The molecule has 25 heavy (non-hydrogen) atoms. The van der Waals surface area contributed by atoms with E-state index in [4.69, 9.17) is 14.2 Å². The van der Waals surface area contributed by atoms with Gasteiger partial charge in [0.05, 0.1) is 20.3 Å². The maximum Gasteiger partial charge on any atom is 0.251 e. The van der Waals surface area contributed by atoms with E-state index in [-0.39, 0.29) is 5.91 Å². The Labute approximate surface area is 148 Å². The van der Waals surface area contributed by atoms with Gasteiger partial charge in [-0.15, -0.1) is 0 Å². The minimum atomic E-state index is -0.147. The lowest BCUT2D eigenvalue weighted by Crippen LogP contribution is -2.23. The number of nitrogens with one attached hydrogen (secondary N) is 1. The van der Waals surface area contributed by atoms with Crippen molar-refractivity contribution in [1.29, 1.82) is 0 Å². The monoisotopic (exact) mass is 343 g/mol. The molecule has 0 spiro atoms. The zero-order valence-electron chi connectivity index (χ0n) is 15.0. The highest BCUT2D eigenvalue weighted by Gasteiger charge is 2.11. The van der Waals surface area contributed by atoms with Crippen molar-refractivity contribution in [3.63, 3.8) is 0 Å². The van der Waals surface area contributed by atoms with Gasteiger partial charge in [0, 0.05) is 29.8 Å². The van der Waals surface area contributed by atoms with Crippen molar-refractivity contribution < 1.29 is 19.0 Å². The van der Waals surface area contributed by atoms with E-state index >= 15 is 0 Å². The second kappa shape index (κ2) is 9.69. The first-order chi connectivity index (χ1) is 12.2. The maximum absolute atomic E-state index is 12.5. The van der Waals surface area contributed by atoms with Crippen LogP contribution < -0.4 is 14.8 Å². The second-order valence-electron chi connectivity index (χ2n) is 5.39. The number of methoxy groups -OCH3 is 1. The molecule has 134 valence electrons. The van der Waals surface area contributed by atoms with Gasteiger partial charge in [-0.3, -0.25) is 4.79 Å². The zero-order chi connectivity index (χ0) is 18.1. The van der Waals surface area contributed by atoms with Crippen LogP contribution in [0.25, 0.3) is 0 Å². The van der Waals surface area contributed by atoms with Gasteiger partial charge < -0.3 is 19.5 Å². The topological polar surface area (TPSA) is 56.8 Å². The quantitative estimate of drug-likeness (QED) is 0.756. The molecule has 0 radical (unpaired) electrons. The van der Waals surface area contributed by atoms with Gasteiger partial charge in [0.1, 0.15) is 11.5 Å². The molecule has 0 saturated carbocycles. The number of amides is 1. The first kappa shape index (κ1) is 18.8. The van der Waals surface area contributed by atoms with Gasteiger partial charge in [0.25, 0.3) is 5.91 Å². The maximum atomic E-state index is 12.5. The fourth-order valence-electron chi connectivity index (χ4n) is 2.47. The number of carbonyl (C=O) groups is 1. The Morgan fingerprint density at radius 3 is 2.52 bits per heavy atom. The summed E-state index contributed by atoms with van der Waals surface area (Å²) in [6.45, 7) is 5.85. The van der Waals surface area contributed by atoms with Crippen LogP contribution in [0.2, 0.25) is 0 Å². The first-order valence-corrected chi connectivity index (χ1v) is 8.43. The first-order valence-electron chi connectivity index (χ1n) is 8.43. The van der Waals surface area contributed by atoms with Gasteiger partial charge in [-0.2, -0.15) is 0 Å². The van der Waals surface area contributed by atoms with Crippen LogP contribution in [0.1, 0.15) is 35.3 Å². The van der Waals surface area contributed by atoms with Gasteiger partial charge >= 0.3 is 0 Å². The normalized spacial score (nSPS) is 10.4. The Morgan fingerprint density at radius 2 is 1.80 bits per heavy atom. The van der Waals surface area contributed by atoms with E-state index in [1.807, 2.05) is 50.2 Å². The van der Waals surface area contributed by atoms with Crippen LogP contribution in [0.5, 0.6) is 11.5 Å². The fraction of sp³-hybridized carbons (Fsp3) is 0.350. The standard InChI is InChI=1S/C20H25NO4/c1-4-24-14-17-12-15(10-11-19(17)25-5-2)20(22)21-13-16-8-6-7-9-18(16)23-3/h6-12H,4-5,13-14H2,1-3H3,(H,21,22). The van der Waals surface area contributed by atoms with Gasteiger partial charge in [-0.25, -0.2) is 0 Å². The summed E-state index contributed by atoms with van der Waals surface area (Å²) in [5.41, 5.74) is 2.38. The van der Waals surface area contributed by atoms with Crippen LogP contribution in [-0.2, 0) is 17.9 Å². The van der Waals surface area contributed by atoms with Crippen LogP contribution >= 0.6 is 0 Å². The third-order valence-corrected chi connectivity index (χ3v) is 3.72. The summed E-state index contributed by atoms with van der Waals surface area (Å²) in [6, 6.07) is 13.0. The zero-order valence-corrected chi connectivity index (χ0v) is 15.0. The number of para-hydroxylation sites is 1. The highest BCUT2D eigenvalue weighted by molar-refractivity contribution is 5.94. The van der Waals surface area contributed by atoms with Crippen LogP contribution in [0, 0.1) is 0 Å². The van der Waals surface area contributed by atoms with Crippen LogP contribution in [0.3, 0.4) is 0 Å².